The third-order valence-electron chi connectivity index (χ3n) is 4.52. The van der Waals surface area contributed by atoms with Crippen LogP contribution in [0.4, 0.5) is 0 Å². The van der Waals surface area contributed by atoms with E-state index in [9.17, 15) is 0 Å². The van der Waals surface area contributed by atoms with E-state index >= 15 is 0 Å². The smallest absolute Gasteiger partial charge is 0.0706 e. The second-order valence-electron chi connectivity index (χ2n) is 6.18. The molecule has 2 heterocycles. The van der Waals surface area contributed by atoms with Gasteiger partial charge < -0.3 is 9.64 Å². The summed E-state index contributed by atoms with van der Waals surface area (Å²) in [7, 11) is 4.14. The highest BCUT2D eigenvalue weighted by atomic mass is 16.5. The van der Waals surface area contributed by atoms with Gasteiger partial charge in [-0.2, -0.15) is 5.10 Å². The molecule has 1 aromatic heterocycles. The van der Waals surface area contributed by atoms with Crippen LogP contribution in [0.3, 0.4) is 0 Å². The molecule has 0 N–H and O–H groups in total. The van der Waals surface area contributed by atoms with Crippen molar-refractivity contribution in [3.63, 3.8) is 0 Å². The van der Waals surface area contributed by atoms with Gasteiger partial charge in [0.05, 0.1) is 23.9 Å². The van der Waals surface area contributed by atoms with Gasteiger partial charge in [-0.15, -0.1) is 0 Å². The van der Waals surface area contributed by atoms with E-state index in [1.54, 1.807) is 0 Å². The summed E-state index contributed by atoms with van der Waals surface area (Å²) in [6, 6.07) is 6.62. The van der Waals surface area contributed by atoms with Crippen molar-refractivity contribution in [1.29, 1.82) is 0 Å². The molecule has 3 rings (SSSR count). The summed E-state index contributed by atoms with van der Waals surface area (Å²) >= 11 is 0. The molecule has 1 aliphatic heterocycles. The van der Waals surface area contributed by atoms with Crippen LogP contribution < -0.4 is 0 Å². The number of fused-ring (bicyclic) bond motifs is 1. The Labute approximate surface area is 126 Å². The molecule has 0 unspecified atom stereocenters. The Morgan fingerprint density at radius 1 is 1.33 bits per heavy atom. The molecule has 1 saturated heterocycles. The van der Waals surface area contributed by atoms with Gasteiger partial charge in [-0.05, 0) is 50.6 Å². The average molecular weight is 287 g/mol. The standard InChI is InChI=1S/C17H25N3O/c1-4-19(2)12-16-7-6-15(21-16)10-13-5-8-17-14(9-13)11-18-20(17)3/h5,8-9,11,15-16H,4,6-7,10,12H2,1-3H3/t15-,16+/m0/s1. The van der Waals surface area contributed by atoms with Gasteiger partial charge >= 0.3 is 0 Å². The molecule has 1 fully saturated rings. The fourth-order valence-electron chi connectivity index (χ4n) is 3.14. The molecule has 114 valence electrons. The number of ether oxygens (including phenoxy) is 1. The van der Waals surface area contributed by atoms with Crippen molar-refractivity contribution in [2.75, 3.05) is 20.1 Å². The van der Waals surface area contributed by atoms with E-state index in [0.717, 1.165) is 19.5 Å². The van der Waals surface area contributed by atoms with Crippen molar-refractivity contribution in [3.05, 3.63) is 30.0 Å². The van der Waals surface area contributed by atoms with Crippen LogP contribution in [0.1, 0.15) is 25.3 Å². The summed E-state index contributed by atoms with van der Waals surface area (Å²) in [4.78, 5) is 2.33. The van der Waals surface area contributed by atoms with Crippen molar-refractivity contribution >= 4 is 10.9 Å². The lowest BCUT2D eigenvalue weighted by Gasteiger charge is -2.19. The zero-order valence-electron chi connectivity index (χ0n) is 13.2. The molecule has 1 aliphatic rings. The minimum atomic E-state index is 0.370. The molecule has 4 heteroatoms. The summed E-state index contributed by atoms with van der Waals surface area (Å²) < 4.78 is 8.11. The third-order valence-corrected chi connectivity index (χ3v) is 4.52. The minimum Gasteiger partial charge on any atom is -0.373 e. The number of aryl methyl sites for hydroxylation is 1. The van der Waals surface area contributed by atoms with Crippen LogP contribution in [0.15, 0.2) is 24.4 Å². The molecular weight excluding hydrogens is 262 g/mol. The highest BCUT2D eigenvalue weighted by Gasteiger charge is 2.26. The highest BCUT2D eigenvalue weighted by Crippen LogP contribution is 2.24. The zero-order chi connectivity index (χ0) is 14.8. The Kier molecular flexibility index (Phi) is 4.27. The second kappa shape index (κ2) is 6.16. The minimum absolute atomic E-state index is 0.370. The van der Waals surface area contributed by atoms with Gasteiger partial charge in [-0.1, -0.05) is 13.0 Å². The van der Waals surface area contributed by atoms with Crippen molar-refractivity contribution in [2.24, 2.45) is 7.05 Å². The SMILES string of the molecule is CCN(C)C[C@H]1CC[C@@H](Cc2ccc3c(cnn3C)c2)O1. The maximum Gasteiger partial charge on any atom is 0.0706 e. The first kappa shape index (κ1) is 14.5. The molecule has 0 amide bonds. The first-order chi connectivity index (χ1) is 10.2. The molecule has 0 bridgehead atoms. The van der Waals surface area contributed by atoms with Crippen LogP contribution in [0, 0.1) is 0 Å². The van der Waals surface area contributed by atoms with E-state index in [1.165, 1.54) is 29.3 Å². The molecule has 4 nitrogen and oxygen atoms in total. The zero-order valence-corrected chi connectivity index (χ0v) is 13.2. The fraction of sp³-hybridized carbons (Fsp3) is 0.588. The quantitative estimate of drug-likeness (QED) is 0.847. The van der Waals surface area contributed by atoms with Crippen LogP contribution in [-0.4, -0.2) is 47.0 Å². The molecular formula is C17H25N3O. The molecule has 0 radical (unpaired) electrons. The van der Waals surface area contributed by atoms with E-state index in [4.69, 9.17) is 4.74 Å². The maximum absolute atomic E-state index is 6.19. The van der Waals surface area contributed by atoms with Gasteiger partial charge in [0, 0.05) is 19.0 Å². The van der Waals surface area contributed by atoms with Crippen molar-refractivity contribution in [2.45, 2.75) is 38.4 Å². The Morgan fingerprint density at radius 3 is 2.95 bits per heavy atom. The summed E-state index contributed by atoms with van der Waals surface area (Å²) in [5.74, 6) is 0. The van der Waals surface area contributed by atoms with E-state index in [0.29, 0.717) is 12.2 Å². The molecule has 2 aromatic rings. The summed E-state index contributed by atoms with van der Waals surface area (Å²) in [6.07, 6.45) is 6.08. The van der Waals surface area contributed by atoms with Gasteiger partial charge in [-0.25, -0.2) is 0 Å². The largest absolute Gasteiger partial charge is 0.373 e. The number of hydrogen-bond donors (Lipinski definition) is 0. The van der Waals surface area contributed by atoms with Crippen LogP contribution in [0.5, 0.6) is 0 Å². The van der Waals surface area contributed by atoms with E-state index in [1.807, 2.05) is 17.9 Å². The monoisotopic (exact) mass is 287 g/mol. The normalized spacial score (nSPS) is 22.5. The summed E-state index contributed by atoms with van der Waals surface area (Å²) in [5, 5.41) is 5.52. The molecule has 0 aliphatic carbocycles. The van der Waals surface area contributed by atoms with Crippen LogP contribution in [-0.2, 0) is 18.2 Å². The second-order valence-corrected chi connectivity index (χ2v) is 6.18. The third kappa shape index (κ3) is 3.27. The number of likely N-dealkylation sites (N-methyl/N-ethyl adjacent to an activating group) is 1. The Bertz CT molecular complexity index is 607. The fourth-order valence-corrected chi connectivity index (χ4v) is 3.14. The molecule has 0 saturated carbocycles. The van der Waals surface area contributed by atoms with Crippen LogP contribution in [0.2, 0.25) is 0 Å². The number of nitrogens with zero attached hydrogens (tertiary/aromatic N) is 3. The predicted octanol–water partition coefficient (Wildman–Crippen LogP) is 2.62. The summed E-state index contributed by atoms with van der Waals surface area (Å²) in [6.45, 7) is 4.33. The predicted molar refractivity (Wildman–Crippen MR) is 85.5 cm³/mol. The lowest BCUT2D eigenvalue weighted by atomic mass is 10.0. The van der Waals surface area contributed by atoms with Gasteiger partial charge in [0.2, 0.25) is 0 Å². The highest BCUT2D eigenvalue weighted by molar-refractivity contribution is 5.79. The van der Waals surface area contributed by atoms with Gasteiger partial charge in [0.1, 0.15) is 0 Å². The molecule has 0 spiro atoms. The number of benzene rings is 1. The van der Waals surface area contributed by atoms with Gasteiger partial charge in [0.15, 0.2) is 0 Å². The van der Waals surface area contributed by atoms with E-state index in [2.05, 4.69) is 42.2 Å². The topological polar surface area (TPSA) is 30.3 Å². The maximum atomic E-state index is 6.19. The number of hydrogen-bond acceptors (Lipinski definition) is 3. The first-order valence-corrected chi connectivity index (χ1v) is 7.90. The van der Waals surface area contributed by atoms with Crippen LogP contribution >= 0.6 is 0 Å². The number of aromatic nitrogens is 2. The van der Waals surface area contributed by atoms with E-state index in [-0.39, 0.29) is 0 Å². The first-order valence-electron chi connectivity index (χ1n) is 7.90. The number of rotatable bonds is 5. The molecule has 1 aromatic carbocycles. The summed E-state index contributed by atoms with van der Waals surface area (Å²) in [5.41, 5.74) is 2.54. The van der Waals surface area contributed by atoms with Crippen molar-refractivity contribution in [3.8, 4) is 0 Å². The van der Waals surface area contributed by atoms with Crippen LogP contribution in [0.25, 0.3) is 10.9 Å². The van der Waals surface area contributed by atoms with Gasteiger partial charge in [-0.3, -0.25) is 4.68 Å². The van der Waals surface area contributed by atoms with E-state index < -0.39 is 0 Å². The molecule has 21 heavy (non-hydrogen) atoms. The van der Waals surface area contributed by atoms with Crippen molar-refractivity contribution < 1.29 is 4.74 Å². The van der Waals surface area contributed by atoms with Crippen molar-refractivity contribution in [1.82, 2.24) is 14.7 Å². The Balaban J connectivity index is 1.61. The average Bonchev–Trinajstić information content (AvgIpc) is 3.06. The lowest BCUT2D eigenvalue weighted by molar-refractivity contribution is 0.0287. The lowest BCUT2D eigenvalue weighted by Crippen LogP contribution is -2.29. The van der Waals surface area contributed by atoms with Gasteiger partial charge in [0.25, 0.3) is 0 Å². The Hall–Kier alpha value is -1.39. The Morgan fingerprint density at radius 2 is 2.14 bits per heavy atom. The molecule has 2 atom stereocenters.